The number of nitrogens with one attached hydrogen (secondary N) is 1. The Hall–Kier alpha value is -0.900. The monoisotopic (exact) mass is 274 g/mol. The van der Waals surface area contributed by atoms with Gasteiger partial charge in [0.25, 0.3) is 0 Å². The third-order valence-corrected chi connectivity index (χ3v) is 4.52. The Labute approximate surface area is 122 Å². The van der Waals surface area contributed by atoms with E-state index in [9.17, 15) is 0 Å². The van der Waals surface area contributed by atoms with Gasteiger partial charge in [0.2, 0.25) is 0 Å². The Morgan fingerprint density at radius 1 is 1.25 bits per heavy atom. The second-order valence-corrected chi connectivity index (χ2v) is 6.24. The van der Waals surface area contributed by atoms with E-state index in [4.69, 9.17) is 4.74 Å². The molecule has 0 aromatic heterocycles. The van der Waals surface area contributed by atoms with E-state index in [0.717, 1.165) is 32.8 Å². The highest BCUT2D eigenvalue weighted by Gasteiger charge is 2.22. The third-order valence-electron chi connectivity index (χ3n) is 4.52. The van der Waals surface area contributed by atoms with Crippen LogP contribution in [0, 0.1) is 0 Å². The van der Waals surface area contributed by atoms with Crippen LogP contribution in [0.1, 0.15) is 36.3 Å². The largest absolute Gasteiger partial charge is 0.377 e. The van der Waals surface area contributed by atoms with E-state index < -0.39 is 0 Å². The Balaban J connectivity index is 1.57. The lowest BCUT2D eigenvalue weighted by Crippen LogP contribution is -2.39. The van der Waals surface area contributed by atoms with Crippen molar-refractivity contribution in [3.8, 4) is 0 Å². The van der Waals surface area contributed by atoms with Gasteiger partial charge in [-0.2, -0.15) is 0 Å². The van der Waals surface area contributed by atoms with Crippen molar-refractivity contribution in [3.63, 3.8) is 0 Å². The summed E-state index contributed by atoms with van der Waals surface area (Å²) in [5.74, 6) is 0.605. The topological polar surface area (TPSA) is 24.5 Å². The standard InChI is InChI=1S/C17H26N2O/c1-19(13-16-7-4-5-9-20-16)12-15-11-18-10-14-6-2-3-8-17(14)15/h2-3,6,8,15-16,18H,4-5,7,9-13H2,1H3. The van der Waals surface area contributed by atoms with Crippen LogP contribution in [0.15, 0.2) is 24.3 Å². The minimum absolute atomic E-state index is 0.445. The van der Waals surface area contributed by atoms with Crippen molar-refractivity contribution >= 4 is 0 Å². The molecule has 3 rings (SSSR count). The molecule has 2 heterocycles. The summed E-state index contributed by atoms with van der Waals surface area (Å²) in [5, 5.41) is 3.54. The first-order valence-corrected chi connectivity index (χ1v) is 7.91. The molecular formula is C17H26N2O. The lowest BCUT2D eigenvalue weighted by atomic mass is 9.90. The molecule has 0 amide bonds. The molecule has 0 aliphatic carbocycles. The summed E-state index contributed by atoms with van der Waals surface area (Å²) in [5.41, 5.74) is 2.99. The highest BCUT2D eigenvalue weighted by atomic mass is 16.5. The molecule has 0 saturated carbocycles. The highest BCUT2D eigenvalue weighted by molar-refractivity contribution is 5.32. The molecule has 1 saturated heterocycles. The summed E-state index contributed by atoms with van der Waals surface area (Å²) >= 11 is 0. The molecule has 3 heteroatoms. The lowest BCUT2D eigenvalue weighted by Gasteiger charge is -2.32. The fraction of sp³-hybridized carbons (Fsp3) is 0.647. The summed E-state index contributed by atoms with van der Waals surface area (Å²) in [6.07, 6.45) is 4.23. The van der Waals surface area contributed by atoms with Crippen molar-refractivity contribution in [2.75, 3.05) is 33.3 Å². The number of benzene rings is 1. The van der Waals surface area contributed by atoms with E-state index in [1.807, 2.05) is 0 Å². The zero-order valence-electron chi connectivity index (χ0n) is 12.5. The second kappa shape index (κ2) is 6.70. The maximum Gasteiger partial charge on any atom is 0.0701 e. The van der Waals surface area contributed by atoms with Gasteiger partial charge in [-0.15, -0.1) is 0 Å². The normalized spacial score (nSPS) is 26.5. The molecule has 110 valence electrons. The fourth-order valence-electron chi connectivity index (χ4n) is 3.50. The number of ether oxygens (including phenoxy) is 1. The van der Waals surface area contributed by atoms with Gasteiger partial charge in [0, 0.05) is 38.7 Å². The molecule has 1 aromatic carbocycles. The smallest absolute Gasteiger partial charge is 0.0701 e. The number of hydrogen-bond acceptors (Lipinski definition) is 3. The molecule has 20 heavy (non-hydrogen) atoms. The van der Waals surface area contributed by atoms with Crippen LogP contribution in [-0.4, -0.2) is 44.3 Å². The van der Waals surface area contributed by atoms with Crippen molar-refractivity contribution in [2.45, 2.75) is 37.8 Å². The van der Waals surface area contributed by atoms with Gasteiger partial charge in [0.05, 0.1) is 6.10 Å². The number of fused-ring (bicyclic) bond motifs is 1. The number of nitrogens with zero attached hydrogens (tertiary/aromatic N) is 1. The second-order valence-electron chi connectivity index (χ2n) is 6.24. The Morgan fingerprint density at radius 3 is 3.00 bits per heavy atom. The first-order chi connectivity index (χ1) is 9.83. The van der Waals surface area contributed by atoms with Crippen molar-refractivity contribution in [1.29, 1.82) is 0 Å². The van der Waals surface area contributed by atoms with Crippen LogP contribution in [0.2, 0.25) is 0 Å². The summed E-state index contributed by atoms with van der Waals surface area (Å²) in [6, 6.07) is 8.86. The Bertz CT molecular complexity index is 429. The molecule has 0 bridgehead atoms. The summed E-state index contributed by atoms with van der Waals surface area (Å²) < 4.78 is 5.85. The van der Waals surface area contributed by atoms with Crippen LogP contribution >= 0.6 is 0 Å². The summed E-state index contributed by atoms with van der Waals surface area (Å²) in [7, 11) is 2.23. The van der Waals surface area contributed by atoms with Crippen molar-refractivity contribution < 1.29 is 4.74 Å². The summed E-state index contributed by atoms with van der Waals surface area (Å²) in [6.45, 7) is 5.24. The maximum atomic E-state index is 5.85. The molecule has 2 atom stereocenters. The van der Waals surface area contributed by atoms with Crippen LogP contribution < -0.4 is 5.32 Å². The van der Waals surface area contributed by atoms with Gasteiger partial charge in [-0.1, -0.05) is 24.3 Å². The van der Waals surface area contributed by atoms with Crippen LogP contribution in [-0.2, 0) is 11.3 Å². The molecule has 1 fully saturated rings. The van der Waals surface area contributed by atoms with Gasteiger partial charge in [-0.3, -0.25) is 0 Å². The molecule has 3 nitrogen and oxygen atoms in total. The minimum atomic E-state index is 0.445. The van der Waals surface area contributed by atoms with Crippen LogP contribution in [0.4, 0.5) is 0 Å². The Morgan fingerprint density at radius 2 is 2.15 bits per heavy atom. The number of hydrogen-bond donors (Lipinski definition) is 1. The van der Waals surface area contributed by atoms with Gasteiger partial charge in [0.1, 0.15) is 0 Å². The maximum absolute atomic E-state index is 5.85. The van der Waals surface area contributed by atoms with Gasteiger partial charge in [-0.05, 0) is 37.4 Å². The molecule has 1 aromatic rings. The van der Waals surface area contributed by atoms with Gasteiger partial charge in [0.15, 0.2) is 0 Å². The van der Waals surface area contributed by atoms with E-state index in [2.05, 4.69) is 41.5 Å². The molecular weight excluding hydrogens is 248 g/mol. The molecule has 2 aliphatic rings. The zero-order chi connectivity index (χ0) is 13.8. The average Bonchev–Trinajstić information content (AvgIpc) is 2.48. The van der Waals surface area contributed by atoms with Crippen LogP contribution in [0.3, 0.4) is 0 Å². The SMILES string of the molecule is CN(CC1CCCCO1)CC1CNCc2ccccc21. The van der Waals surface area contributed by atoms with Gasteiger partial charge < -0.3 is 15.0 Å². The third kappa shape index (κ3) is 3.40. The molecule has 0 radical (unpaired) electrons. The molecule has 2 unspecified atom stereocenters. The summed E-state index contributed by atoms with van der Waals surface area (Å²) in [4.78, 5) is 2.45. The molecule has 2 aliphatic heterocycles. The lowest BCUT2D eigenvalue weighted by molar-refractivity contribution is -0.00228. The fourth-order valence-corrected chi connectivity index (χ4v) is 3.50. The van der Waals surface area contributed by atoms with Crippen LogP contribution in [0.25, 0.3) is 0 Å². The van der Waals surface area contributed by atoms with E-state index in [1.165, 1.54) is 30.4 Å². The highest BCUT2D eigenvalue weighted by Crippen LogP contribution is 2.24. The quantitative estimate of drug-likeness (QED) is 0.912. The minimum Gasteiger partial charge on any atom is -0.377 e. The van der Waals surface area contributed by atoms with Gasteiger partial charge >= 0.3 is 0 Å². The predicted octanol–water partition coefficient (Wildman–Crippen LogP) is 2.37. The van der Waals surface area contributed by atoms with Crippen molar-refractivity contribution in [3.05, 3.63) is 35.4 Å². The first-order valence-electron chi connectivity index (χ1n) is 7.91. The average molecular weight is 274 g/mol. The van der Waals surface area contributed by atoms with E-state index >= 15 is 0 Å². The van der Waals surface area contributed by atoms with E-state index in [-0.39, 0.29) is 0 Å². The molecule has 0 spiro atoms. The zero-order valence-corrected chi connectivity index (χ0v) is 12.5. The predicted molar refractivity (Wildman–Crippen MR) is 82.0 cm³/mol. The first kappa shape index (κ1) is 14.1. The van der Waals surface area contributed by atoms with E-state index in [1.54, 1.807) is 0 Å². The van der Waals surface area contributed by atoms with Crippen molar-refractivity contribution in [1.82, 2.24) is 10.2 Å². The van der Waals surface area contributed by atoms with Crippen molar-refractivity contribution in [2.24, 2.45) is 0 Å². The Kier molecular flexibility index (Phi) is 4.71. The van der Waals surface area contributed by atoms with Crippen LogP contribution in [0.5, 0.6) is 0 Å². The number of rotatable bonds is 4. The molecule has 1 N–H and O–H groups in total. The number of likely N-dealkylation sites (N-methyl/N-ethyl adjacent to an activating group) is 1. The van der Waals surface area contributed by atoms with Gasteiger partial charge in [-0.25, -0.2) is 0 Å². The van der Waals surface area contributed by atoms with E-state index in [0.29, 0.717) is 12.0 Å².